The number of nitrogens with one attached hydrogen (secondary N) is 1. The van der Waals surface area contributed by atoms with E-state index in [2.05, 4.69) is 12.2 Å². The predicted octanol–water partition coefficient (Wildman–Crippen LogP) is 2.90. The van der Waals surface area contributed by atoms with Gasteiger partial charge in [-0.3, -0.25) is 4.79 Å². The Labute approximate surface area is 109 Å². The highest BCUT2D eigenvalue weighted by molar-refractivity contribution is 7.99. The maximum absolute atomic E-state index is 11.4. The second kappa shape index (κ2) is 7.27. The maximum atomic E-state index is 11.4. The van der Waals surface area contributed by atoms with Gasteiger partial charge in [-0.1, -0.05) is 19.8 Å². The van der Waals surface area contributed by atoms with Gasteiger partial charge in [0.25, 0.3) is 0 Å². The molecule has 3 nitrogen and oxygen atoms in total. The molecule has 17 heavy (non-hydrogen) atoms. The molecular formula is C13H25NO2S. The van der Waals surface area contributed by atoms with Gasteiger partial charge in [-0.05, 0) is 44.9 Å². The van der Waals surface area contributed by atoms with Crippen molar-refractivity contribution >= 4 is 17.7 Å². The molecule has 2 unspecified atom stereocenters. The zero-order valence-corrected chi connectivity index (χ0v) is 11.8. The molecule has 2 N–H and O–H groups in total. The zero-order valence-electron chi connectivity index (χ0n) is 11.0. The Morgan fingerprint density at radius 2 is 2.29 bits per heavy atom. The Morgan fingerprint density at radius 3 is 2.88 bits per heavy atom. The number of carboxylic acid groups (broad SMARTS) is 1. The molecule has 0 spiro atoms. The molecule has 0 radical (unpaired) electrons. The van der Waals surface area contributed by atoms with Crippen LogP contribution in [-0.2, 0) is 4.79 Å². The Bertz CT molecular complexity index is 248. The van der Waals surface area contributed by atoms with Crippen LogP contribution in [-0.4, -0.2) is 34.7 Å². The fraction of sp³-hybridized carbons (Fsp3) is 0.923. The van der Waals surface area contributed by atoms with E-state index in [0.29, 0.717) is 5.25 Å². The number of hydrogen-bond donors (Lipinski definition) is 2. The molecule has 1 aliphatic carbocycles. The summed E-state index contributed by atoms with van der Waals surface area (Å²) in [5.41, 5.74) is -0.666. The molecule has 2 atom stereocenters. The highest BCUT2D eigenvalue weighted by Crippen LogP contribution is 2.35. The molecule has 1 saturated carbocycles. The van der Waals surface area contributed by atoms with Crippen molar-refractivity contribution in [3.05, 3.63) is 0 Å². The van der Waals surface area contributed by atoms with E-state index in [9.17, 15) is 9.90 Å². The summed E-state index contributed by atoms with van der Waals surface area (Å²) in [6, 6.07) is 0. The maximum Gasteiger partial charge on any atom is 0.323 e. The van der Waals surface area contributed by atoms with Crippen LogP contribution in [0.2, 0.25) is 0 Å². The van der Waals surface area contributed by atoms with E-state index < -0.39 is 11.5 Å². The van der Waals surface area contributed by atoms with Crippen molar-refractivity contribution < 1.29 is 9.90 Å². The van der Waals surface area contributed by atoms with Crippen molar-refractivity contribution in [3.63, 3.8) is 0 Å². The molecule has 0 aromatic carbocycles. The van der Waals surface area contributed by atoms with E-state index >= 15 is 0 Å². The molecule has 4 heteroatoms. The summed E-state index contributed by atoms with van der Waals surface area (Å²) in [6.45, 7) is 2.21. The van der Waals surface area contributed by atoms with Crippen molar-refractivity contribution in [1.82, 2.24) is 5.32 Å². The van der Waals surface area contributed by atoms with Crippen molar-refractivity contribution in [2.24, 2.45) is 0 Å². The van der Waals surface area contributed by atoms with Crippen LogP contribution in [0.25, 0.3) is 0 Å². The van der Waals surface area contributed by atoms with E-state index in [0.717, 1.165) is 19.3 Å². The number of thioether (sulfide) groups is 1. The lowest BCUT2D eigenvalue weighted by atomic mass is 9.81. The van der Waals surface area contributed by atoms with Gasteiger partial charge in [0, 0.05) is 5.25 Å². The van der Waals surface area contributed by atoms with Crippen molar-refractivity contribution in [3.8, 4) is 0 Å². The first-order valence-electron chi connectivity index (χ1n) is 6.68. The standard InChI is InChI=1S/C13H25NO2S/c1-3-4-5-9-17-11-7-6-8-13(10-11,14-2)12(15)16/h11,14H,3-10H2,1-2H3,(H,15,16). The predicted molar refractivity (Wildman–Crippen MR) is 73.7 cm³/mol. The largest absolute Gasteiger partial charge is 0.480 e. The van der Waals surface area contributed by atoms with E-state index in [-0.39, 0.29) is 0 Å². The molecule has 0 bridgehead atoms. The topological polar surface area (TPSA) is 49.3 Å². The zero-order chi connectivity index (χ0) is 12.7. The van der Waals surface area contributed by atoms with E-state index in [1.165, 1.54) is 31.4 Å². The summed E-state index contributed by atoms with van der Waals surface area (Å²) in [5.74, 6) is 0.497. The Morgan fingerprint density at radius 1 is 1.53 bits per heavy atom. The van der Waals surface area contributed by atoms with Gasteiger partial charge in [-0.25, -0.2) is 0 Å². The molecule has 1 fully saturated rings. The summed E-state index contributed by atoms with van der Waals surface area (Å²) >= 11 is 1.97. The summed E-state index contributed by atoms with van der Waals surface area (Å²) in [4.78, 5) is 11.4. The lowest BCUT2D eigenvalue weighted by Crippen LogP contribution is -2.54. The summed E-state index contributed by atoms with van der Waals surface area (Å²) in [5, 5.41) is 12.9. The number of rotatable bonds is 7. The van der Waals surface area contributed by atoms with Gasteiger partial charge in [0.1, 0.15) is 5.54 Å². The molecular weight excluding hydrogens is 234 g/mol. The lowest BCUT2D eigenvalue weighted by molar-refractivity contribution is -0.146. The van der Waals surface area contributed by atoms with Crippen LogP contribution in [0, 0.1) is 0 Å². The summed E-state index contributed by atoms with van der Waals surface area (Å²) in [7, 11) is 1.78. The molecule has 0 saturated heterocycles. The fourth-order valence-corrected chi connectivity index (χ4v) is 3.94. The second-order valence-electron chi connectivity index (χ2n) is 4.93. The molecule has 0 amide bonds. The highest BCUT2D eigenvalue weighted by atomic mass is 32.2. The molecule has 0 aromatic rings. The van der Waals surface area contributed by atoms with Crippen LogP contribution >= 0.6 is 11.8 Å². The first-order chi connectivity index (χ1) is 8.14. The monoisotopic (exact) mass is 259 g/mol. The van der Waals surface area contributed by atoms with Gasteiger partial charge in [0.15, 0.2) is 0 Å². The molecule has 0 aromatic heterocycles. The van der Waals surface area contributed by atoms with Gasteiger partial charge in [-0.15, -0.1) is 0 Å². The average Bonchev–Trinajstić information content (AvgIpc) is 2.34. The third-order valence-electron chi connectivity index (χ3n) is 3.70. The van der Waals surface area contributed by atoms with Gasteiger partial charge in [-0.2, -0.15) is 11.8 Å². The quantitative estimate of drug-likeness (QED) is 0.690. The Kier molecular flexibility index (Phi) is 6.34. The number of unbranched alkanes of at least 4 members (excludes halogenated alkanes) is 2. The third-order valence-corrected chi connectivity index (χ3v) is 5.09. The van der Waals surface area contributed by atoms with Crippen LogP contribution in [0.5, 0.6) is 0 Å². The lowest BCUT2D eigenvalue weighted by Gasteiger charge is -2.37. The normalized spacial score (nSPS) is 29.2. The number of hydrogen-bond acceptors (Lipinski definition) is 3. The summed E-state index contributed by atoms with van der Waals surface area (Å²) < 4.78 is 0. The number of likely N-dealkylation sites (N-methyl/N-ethyl adjacent to an activating group) is 1. The van der Waals surface area contributed by atoms with Crippen molar-refractivity contribution in [2.75, 3.05) is 12.8 Å². The molecule has 0 aliphatic heterocycles. The van der Waals surface area contributed by atoms with Crippen LogP contribution < -0.4 is 5.32 Å². The Hall–Kier alpha value is -0.220. The van der Waals surface area contributed by atoms with Crippen LogP contribution in [0.1, 0.15) is 51.9 Å². The third kappa shape index (κ3) is 4.18. The van der Waals surface area contributed by atoms with Crippen molar-refractivity contribution in [2.45, 2.75) is 62.7 Å². The van der Waals surface area contributed by atoms with Gasteiger partial charge >= 0.3 is 5.97 Å². The minimum Gasteiger partial charge on any atom is -0.480 e. The molecule has 0 heterocycles. The fourth-order valence-electron chi connectivity index (χ4n) is 2.50. The smallest absolute Gasteiger partial charge is 0.323 e. The van der Waals surface area contributed by atoms with Crippen LogP contribution in [0.4, 0.5) is 0 Å². The van der Waals surface area contributed by atoms with Gasteiger partial charge in [0.2, 0.25) is 0 Å². The minimum absolute atomic E-state index is 0.518. The SMILES string of the molecule is CCCCCSC1CCCC(NC)(C(=O)O)C1. The first-order valence-corrected chi connectivity index (χ1v) is 7.73. The van der Waals surface area contributed by atoms with Crippen LogP contribution in [0.15, 0.2) is 0 Å². The minimum atomic E-state index is -0.682. The average molecular weight is 259 g/mol. The van der Waals surface area contributed by atoms with E-state index in [1.54, 1.807) is 7.05 Å². The van der Waals surface area contributed by atoms with Crippen molar-refractivity contribution in [1.29, 1.82) is 0 Å². The molecule has 100 valence electrons. The summed E-state index contributed by atoms with van der Waals surface area (Å²) in [6.07, 6.45) is 7.54. The number of carbonyl (C=O) groups is 1. The van der Waals surface area contributed by atoms with Crippen LogP contribution in [0.3, 0.4) is 0 Å². The van der Waals surface area contributed by atoms with E-state index in [4.69, 9.17) is 0 Å². The van der Waals surface area contributed by atoms with E-state index in [1.807, 2.05) is 11.8 Å². The van der Waals surface area contributed by atoms with Gasteiger partial charge < -0.3 is 10.4 Å². The molecule has 1 aliphatic rings. The number of carboxylic acids is 1. The first kappa shape index (κ1) is 14.8. The Balaban J connectivity index is 2.40. The second-order valence-corrected chi connectivity index (χ2v) is 6.34. The molecule has 1 rings (SSSR count). The highest BCUT2D eigenvalue weighted by Gasteiger charge is 2.41. The van der Waals surface area contributed by atoms with Gasteiger partial charge in [0.05, 0.1) is 0 Å². The number of aliphatic carboxylic acids is 1.